The topological polar surface area (TPSA) is 80.6 Å². The molecule has 6 nitrogen and oxygen atoms in total. The second-order valence-corrected chi connectivity index (χ2v) is 4.52. The summed E-state index contributed by atoms with van der Waals surface area (Å²) in [5, 5.41) is 11.8. The second kappa shape index (κ2) is 7.18. The molecule has 23 heavy (non-hydrogen) atoms. The SMILES string of the molecule is COc1cc(OC)c(C(=O)Nc2ccccc2C#N)cc1OC. The zero-order valence-electron chi connectivity index (χ0n) is 13.0. The van der Waals surface area contributed by atoms with Crippen molar-refractivity contribution in [2.24, 2.45) is 0 Å². The Morgan fingerprint density at radius 1 is 1.00 bits per heavy atom. The van der Waals surface area contributed by atoms with Crippen LogP contribution in [0.2, 0.25) is 0 Å². The molecule has 0 atom stereocenters. The van der Waals surface area contributed by atoms with Gasteiger partial charge in [0.25, 0.3) is 5.91 Å². The molecule has 0 saturated heterocycles. The lowest BCUT2D eigenvalue weighted by Crippen LogP contribution is -2.14. The van der Waals surface area contributed by atoms with Crippen molar-refractivity contribution >= 4 is 11.6 Å². The summed E-state index contributed by atoms with van der Waals surface area (Å²) in [6.45, 7) is 0. The van der Waals surface area contributed by atoms with E-state index in [0.717, 1.165) is 0 Å². The van der Waals surface area contributed by atoms with Crippen molar-refractivity contribution in [2.45, 2.75) is 0 Å². The van der Waals surface area contributed by atoms with Gasteiger partial charge in [-0.05, 0) is 12.1 Å². The molecule has 1 N–H and O–H groups in total. The number of para-hydroxylation sites is 1. The van der Waals surface area contributed by atoms with Gasteiger partial charge in [0, 0.05) is 12.1 Å². The van der Waals surface area contributed by atoms with E-state index in [0.29, 0.717) is 28.5 Å². The quantitative estimate of drug-likeness (QED) is 0.918. The van der Waals surface area contributed by atoms with Crippen molar-refractivity contribution < 1.29 is 19.0 Å². The molecule has 0 unspecified atom stereocenters. The molecule has 2 aromatic rings. The largest absolute Gasteiger partial charge is 0.496 e. The molecule has 6 heteroatoms. The molecule has 1 amide bonds. The van der Waals surface area contributed by atoms with Crippen molar-refractivity contribution in [1.82, 2.24) is 0 Å². The van der Waals surface area contributed by atoms with Gasteiger partial charge in [-0.1, -0.05) is 12.1 Å². The van der Waals surface area contributed by atoms with E-state index in [1.165, 1.54) is 27.4 Å². The van der Waals surface area contributed by atoms with Crippen molar-refractivity contribution in [2.75, 3.05) is 26.6 Å². The first-order valence-corrected chi connectivity index (χ1v) is 6.75. The monoisotopic (exact) mass is 312 g/mol. The van der Waals surface area contributed by atoms with Crippen LogP contribution in [0.1, 0.15) is 15.9 Å². The van der Waals surface area contributed by atoms with Crippen molar-refractivity contribution in [3.63, 3.8) is 0 Å². The maximum absolute atomic E-state index is 12.5. The fourth-order valence-electron chi connectivity index (χ4n) is 2.09. The van der Waals surface area contributed by atoms with Crippen LogP contribution in [0.25, 0.3) is 0 Å². The van der Waals surface area contributed by atoms with E-state index in [1.54, 1.807) is 30.3 Å². The fourth-order valence-corrected chi connectivity index (χ4v) is 2.09. The Balaban J connectivity index is 2.41. The van der Waals surface area contributed by atoms with Gasteiger partial charge in [-0.3, -0.25) is 4.79 Å². The number of hydrogen-bond donors (Lipinski definition) is 1. The number of carbonyl (C=O) groups is 1. The molecule has 2 rings (SSSR count). The van der Waals surface area contributed by atoms with E-state index < -0.39 is 5.91 Å². The molecule has 2 aromatic carbocycles. The number of ether oxygens (including phenoxy) is 3. The smallest absolute Gasteiger partial charge is 0.259 e. The molecule has 0 aliphatic rings. The van der Waals surface area contributed by atoms with Crippen LogP contribution in [0.3, 0.4) is 0 Å². The molecule has 0 aliphatic carbocycles. The van der Waals surface area contributed by atoms with Crippen LogP contribution in [-0.2, 0) is 0 Å². The minimum atomic E-state index is -0.412. The highest BCUT2D eigenvalue weighted by Gasteiger charge is 2.18. The van der Waals surface area contributed by atoms with E-state index in [9.17, 15) is 4.79 Å². The summed E-state index contributed by atoms with van der Waals surface area (Å²) in [4.78, 5) is 12.5. The Labute approximate surface area is 134 Å². The first kappa shape index (κ1) is 16.2. The van der Waals surface area contributed by atoms with Crippen LogP contribution < -0.4 is 19.5 Å². The maximum atomic E-state index is 12.5. The minimum absolute atomic E-state index is 0.276. The highest BCUT2D eigenvalue weighted by atomic mass is 16.5. The summed E-state index contributed by atoms with van der Waals surface area (Å²) in [6.07, 6.45) is 0. The van der Waals surface area contributed by atoms with Gasteiger partial charge in [0.1, 0.15) is 11.8 Å². The molecular weight excluding hydrogens is 296 g/mol. The van der Waals surface area contributed by atoms with Crippen LogP contribution in [0.15, 0.2) is 36.4 Å². The van der Waals surface area contributed by atoms with Gasteiger partial charge in [0.15, 0.2) is 11.5 Å². The van der Waals surface area contributed by atoms with Gasteiger partial charge in [-0.15, -0.1) is 0 Å². The lowest BCUT2D eigenvalue weighted by molar-refractivity contribution is 0.102. The number of nitrogens with one attached hydrogen (secondary N) is 1. The average molecular weight is 312 g/mol. The number of nitrogens with zero attached hydrogens (tertiary/aromatic N) is 1. The highest BCUT2D eigenvalue weighted by molar-refractivity contribution is 6.07. The summed E-state index contributed by atoms with van der Waals surface area (Å²) in [7, 11) is 4.44. The summed E-state index contributed by atoms with van der Waals surface area (Å²) in [5.74, 6) is 0.797. The Kier molecular flexibility index (Phi) is 5.05. The number of benzene rings is 2. The normalized spacial score (nSPS) is 9.65. The van der Waals surface area contributed by atoms with Crippen LogP contribution in [0.5, 0.6) is 17.2 Å². The van der Waals surface area contributed by atoms with Crippen molar-refractivity contribution in [3.05, 3.63) is 47.5 Å². The van der Waals surface area contributed by atoms with Gasteiger partial charge in [0.05, 0.1) is 38.1 Å². The Morgan fingerprint density at radius 2 is 1.61 bits per heavy atom. The number of methoxy groups -OCH3 is 3. The highest BCUT2D eigenvalue weighted by Crippen LogP contribution is 2.35. The number of hydrogen-bond acceptors (Lipinski definition) is 5. The third-order valence-electron chi connectivity index (χ3n) is 3.25. The number of carbonyl (C=O) groups excluding carboxylic acids is 1. The Bertz CT molecular complexity index is 766. The molecule has 0 fully saturated rings. The molecule has 0 bridgehead atoms. The molecule has 0 radical (unpaired) electrons. The molecule has 118 valence electrons. The number of amides is 1. The zero-order chi connectivity index (χ0) is 16.8. The van der Waals surface area contributed by atoms with Crippen LogP contribution in [-0.4, -0.2) is 27.2 Å². The molecule has 0 heterocycles. The predicted molar refractivity (Wildman–Crippen MR) is 85.2 cm³/mol. The molecule has 0 aromatic heterocycles. The fraction of sp³-hybridized carbons (Fsp3) is 0.176. The first-order chi connectivity index (χ1) is 11.1. The zero-order valence-corrected chi connectivity index (χ0v) is 13.0. The predicted octanol–water partition coefficient (Wildman–Crippen LogP) is 2.84. The minimum Gasteiger partial charge on any atom is -0.496 e. The standard InChI is InChI=1S/C17H16N2O4/c1-21-14-9-16(23-3)15(22-2)8-12(14)17(20)19-13-7-5-4-6-11(13)10-18/h4-9H,1-3H3,(H,19,20). The van der Waals surface area contributed by atoms with Crippen molar-refractivity contribution in [1.29, 1.82) is 5.26 Å². The number of nitriles is 1. The summed E-state index contributed by atoms with van der Waals surface area (Å²) in [6, 6.07) is 11.9. The summed E-state index contributed by atoms with van der Waals surface area (Å²) in [5.41, 5.74) is 1.08. The molecule has 0 aliphatic heterocycles. The first-order valence-electron chi connectivity index (χ1n) is 6.75. The summed E-state index contributed by atoms with van der Waals surface area (Å²) < 4.78 is 15.6. The van der Waals surface area contributed by atoms with Crippen molar-refractivity contribution in [3.8, 4) is 23.3 Å². The maximum Gasteiger partial charge on any atom is 0.259 e. The van der Waals surface area contributed by atoms with Gasteiger partial charge in [0.2, 0.25) is 0 Å². The third-order valence-corrected chi connectivity index (χ3v) is 3.25. The van der Waals surface area contributed by atoms with Crippen LogP contribution >= 0.6 is 0 Å². The van der Waals surface area contributed by atoms with E-state index in [1.807, 2.05) is 6.07 Å². The number of anilines is 1. The molecule has 0 saturated carbocycles. The van der Waals surface area contributed by atoms with Gasteiger partial charge in [-0.2, -0.15) is 5.26 Å². The summed E-state index contributed by atoms with van der Waals surface area (Å²) >= 11 is 0. The van der Waals surface area contributed by atoms with Gasteiger partial charge in [-0.25, -0.2) is 0 Å². The van der Waals surface area contributed by atoms with E-state index >= 15 is 0 Å². The van der Waals surface area contributed by atoms with E-state index in [4.69, 9.17) is 19.5 Å². The lowest BCUT2D eigenvalue weighted by Gasteiger charge is -2.14. The lowest BCUT2D eigenvalue weighted by atomic mass is 10.1. The number of rotatable bonds is 5. The average Bonchev–Trinajstić information content (AvgIpc) is 2.60. The molecule has 0 spiro atoms. The Hall–Kier alpha value is -3.20. The third kappa shape index (κ3) is 3.35. The Morgan fingerprint density at radius 3 is 2.22 bits per heavy atom. The van der Waals surface area contributed by atoms with Gasteiger partial charge >= 0.3 is 0 Å². The van der Waals surface area contributed by atoms with Crippen LogP contribution in [0.4, 0.5) is 5.69 Å². The van der Waals surface area contributed by atoms with Gasteiger partial charge < -0.3 is 19.5 Å². The van der Waals surface area contributed by atoms with E-state index in [-0.39, 0.29) is 5.56 Å². The second-order valence-electron chi connectivity index (χ2n) is 4.52. The van der Waals surface area contributed by atoms with Crippen LogP contribution in [0, 0.1) is 11.3 Å². The molecular formula is C17H16N2O4. The van der Waals surface area contributed by atoms with E-state index in [2.05, 4.69) is 5.32 Å².